The number of carbonyl (C=O) groups is 4. The lowest BCUT2D eigenvalue weighted by molar-refractivity contribution is -0.155. The lowest BCUT2D eigenvalue weighted by Crippen LogP contribution is -2.50. The van der Waals surface area contributed by atoms with Crippen LogP contribution >= 0.6 is 0 Å². The zero-order valence-electron chi connectivity index (χ0n) is 28.9. The Labute approximate surface area is 299 Å². The van der Waals surface area contributed by atoms with E-state index in [9.17, 15) is 24.3 Å². The minimum atomic E-state index is -1.13. The van der Waals surface area contributed by atoms with Crippen LogP contribution < -0.4 is 10.6 Å². The maximum atomic E-state index is 13.9. The lowest BCUT2D eigenvalue weighted by Gasteiger charge is -2.37. The standard InChI is InChI=1S/C40H47N3O8/c1-4-14-31(23-36(45)43-24-32-21-13-12-20-30(32)22-33(43)25-44)38(46)41-35(27-49-3)37(29-18-10-7-11-19-29)51-39(47)34(15-5-2)42-40(48)50-26-28-16-8-6-9-17-28/h4-13,16-21,31,33-35,37,44H,1-2,14-15,22-27H2,3H3,(H,41,46)(H,42,48). The SMILES string of the molecule is C=CCC(CC(=O)N1Cc2ccccc2CC1CO)C(=O)NC(COC)C(OC(=O)C(CC=C)NC(=O)OCc1ccccc1)c1ccccc1. The number of alkyl carbamates (subject to hydrolysis) is 1. The first-order chi connectivity index (χ1) is 24.8. The first kappa shape index (κ1) is 38.5. The fraction of sp³-hybridized carbons (Fsp3) is 0.350. The molecule has 3 amide bonds. The third-order valence-corrected chi connectivity index (χ3v) is 8.73. The monoisotopic (exact) mass is 697 g/mol. The number of rotatable bonds is 18. The fourth-order valence-electron chi connectivity index (χ4n) is 6.06. The summed E-state index contributed by atoms with van der Waals surface area (Å²) in [5.74, 6) is -2.29. The number of nitrogens with one attached hydrogen (secondary N) is 2. The van der Waals surface area contributed by atoms with Crippen molar-refractivity contribution in [2.45, 2.75) is 63.1 Å². The first-order valence-corrected chi connectivity index (χ1v) is 17.0. The van der Waals surface area contributed by atoms with Gasteiger partial charge in [0, 0.05) is 20.1 Å². The van der Waals surface area contributed by atoms with Crippen molar-refractivity contribution in [2.75, 3.05) is 20.3 Å². The number of hydrogen-bond donors (Lipinski definition) is 3. The van der Waals surface area contributed by atoms with Gasteiger partial charge >= 0.3 is 12.1 Å². The minimum Gasteiger partial charge on any atom is -0.454 e. The summed E-state index contributed by atoms with van der Waals surface area (Å²) in [5.41, 5.74) is 3.44. The number of amides is 3. The maximum Gasteiger partial charge on any atom is 0.408 e. The van der Waals surface area contributed by atoms with E-state index in [1.54, 1.807) is 35.2 Å². The summed E-state index contributed by atoms with van der Waals surface area (Å²) < 4.78 is 16.8. The van der Waals surface area contributed by atoms with Gasteiger partial charge in [-0.1, -0.05) is 97.1 Å². The topological polar surface area (TPSA) is 144 Å². The molecule has 5 unspecified atom stereocenters. The molecule has 1 aliphatic rings. The van der Waals surface area contributed by atoms with Crippen LogP contribution in [-0.4, -0.2) is 72.3 Å². The van der Waals surface area contributed by atoms with Gasteiger partial charge in [-0.2, -0.15) is 0 Å². The van der Waals surface area contributed by atoms with Crippen LogP contribution in [0.1, 0.15) is 47.6 Å². The Morgan fingerprint density at radius 2 is 1.55 bits per heavy atom. The van der Waals surface area contributed by atoms with Crippen molar-refractivity contribution in [1.82, 2.24) is 15.5 Å². The molecule has 0 saturated carbocycles. The van der Waals surface area contributed by atoms with Crippen molar-refractivity contribution in [3.8, 4) is 0 Å². The van der Waals surface area contributed by atoms with E-state index in [0.29, 0.717) is 18.5 Å². The molecule has 0 bridgehead atoms. The van der Waals surface area contributed by atoms with Gasteiger partial charge < -0.3 is 34.9 Å². The van der Waals surface area contributed by atoms with Crippen LogP contribution in [0.2, 0.25) is 0 Å². The molecular weight excluding hydrogens is 650 g/mol. The number of ether oxygens (including phenoxy) is 3. The highest BCUT2D eigenvalue weighted by Crippen LogP contribution is 2.27. The van der Waals surface area contributed by atoms with Crippen LogP contribution in [0.3, 0.4) is 0 Å². The van der Waals surface area contributed by atoms with Crippen LogP contribution in [0.15, 0.2) is 110 Å². The highest BCUT2D eigenvalue weighted by molar-refractivity contribution is 5.86. The number of aliphatic hydroxyl groups is 1. The van der Waals surface area contributed by atoms with Crippen molar-refractivity contribution in [3.63, 3.8) is 0 Å². The van der Waals surface area contributed by atoms with Gasteiger partial charge in [0.1, 0.15) is 18.8 Å². The Kier molecular flexibility index (Phi) is 15.0. The predicted molar refractivity (Wildman–Crippen MR) is 192 cm³/mol. The second-order valence-corrected chi connectivity index (χ2v) is 12.4. The van der Waals surface area contributed by atoms with Gasteiger partial charge in [0.15, 0.2) is 0 Å². The number of benzene rings is 3. The number of carbonyl (C=O) groups excluding carboxylic acids is 4. The Hall–Kier alpha value is -5.26. The van der Waals surface area contributed by atoms with Crippen LogP contribution in [0.4, 0.5) is 4.79 Å². The summed E-state index contributed by atoms with van der Waals surface area (Å²) in [5, 5.41) is 15.6. The second-order valence-electron chi connectivity index (χ2n) is 12.4. The number of esters is 1. The highest BCUT2D eigenvalue weighted by Gasteiger charge is 2.35. The number of fused-ring (bicyclic) bond motifs is 1. The number of allylic oxidation sites excluding steroid dienone is 1. The molecule has 5 atom stereocenters. The van der Waals surface area contributed by atoms with Gasteiger partial charge in [0.2, 0.25) is 11.8 Å². The van der Waals surface area contributed by atoms with E-state index in [2.05, 4.69) is 23.8 Å². The minimum absolute atomic E-state index is 0.0111. The van der Waals surface area contributed by atoms with E-state index in [-0.39, 0.29) is 45.0 Å². The van der Waals surface area contributed by atoms with Gasteiger partial charge in [-0.05, 0) is 41.5 Å². The molecule has 1 heterocycles. The molecule has 0 aromatic heterocycles. The Bertz CT molecular complexity index is 1620. The van der Waals surface area contributed by atoms with E-state index in [4.69, 9.17) is 14.2 Å². The highest BCUT2D eigenvalue weighted by atomic mass is 16.6. The normalized spacial score (nSPS) is 16.0. The summed E-state index contributed by atoms with van der Waals surface area (Å²) in [7, 11) is 1.46. The number of aliphatic hydroxyl groups excluding tert-OH is 1. The van der Waals surface area contributed by atoms with Gasteiger partial charge in [0.05, 0.1) is 31.2 Å². The molecule has 0 aliphatic carbocycles. The van der Waals surface area contributed by atoms with Gasteiger partial charge in [-0.3, -0.25) is 9.59 Å². The summed E-state index contributed by atoms with van der Waals surface area (Å²) in [4.78, 5) is 55.6. The Morgan fingerprint density at radius 1 is 0.902 bits per heavy atom. The molecule has 4 rings (SSSR count). The van der Waals surface area contributed by atoms with Crippen molar-refractivity contribution in [1.29, 1.82) is 0 Å². The number of methoxy groups -OCH3 is 1. The summed E-state index contributed by atoms with van der Waals surface area (Å²) >= 11 is 0. The van der Waals surface area contributed by atoms with E-state index < -0.39 is 48.1 Å². The number of hydrogen-bond acceptors (Lipinski definition) is 8. The van der Waals surface area contributed by atoms with Crippen molar-refractivity contribution < 1.29 is 38.5 Å². The van der Waals surface area contributed by atoms with Crippen LogP contribution in [-0.2, 0) is 48.2 Å². The molecule has 0 radical (unpaired) electrons. The first-order valence-electron chi connectivity index (χ1n) is 17.0. The Balaban J connectivity index is 1.49. The second kappa shape index (κ2) is 19.8. The molecule has 0 saturated heterocycles. The number of nitrogens with zero attached hydrogens (tertiary/aromatic N) is 1. The zero-order valence-corrected chi connectivity index (χ0v) is 28.9. The third kappa shape index (κ3) is 11.1. The summed E-state index contributed by atoms with van der Waals surface area (Å²) in [6, 6.07) is 23.4. The van der Waals surface area contributed by atoms with Gasteiger partial charge in [-0.25, -0.2) is 9.59 Å². The molecular formula is C40H47N3O8. The van der Waals surface area contributed by atoms with Crippen LogP contribution in [0.5, 0.6) is 0 Å². The average Bonchev–Trinajstić information content (AvgIpc) is 3.15. The van der Waals surface area contributed by atoms with Crippen LogP contribution in [0, 0.1) is 5.92 Å². The third-order valence-electron chi connectivity index (χ3n) is 8.73. The van der Waals surface area contributed by atoms with Crippen molar-refractivity contribution >= 4 is 23.9 Å². The zero-order chi connectivity index (χ0) is 36.6. The van der Waals surface area contributed by atoms with E-state index in [1.165, 1.54) is 13.2 Å². The molecule has 51 heavy (non-hydrogen) atoms. The maximum absolute atomic E-state index is 13.9. The average molecular weight is 698 g/mol. The van der Waals surface area contributed by atoms with E-state index in [0.717, 1.165) is 16.7 Å². The molecule has 0 fully saturated rings. The molecule has 3 N–H and O–H groups in total. The van der Waals surface area contributed by atoms with Crippen LogP contribution in [0.25, 0.3) is 0 Å². The molecule has 270 valence electrons. The van der Waals surface area contributed by atoms with E-state index in [1.807, 2.05) is 60.7 Å². The van der Waals surface area contributed by atoms with Crippen molar-refractivity contribution in [2.24, 2.45) is 5.92 Å². The fourth-order valence-corrected chi connectivity index (χ4v) is 6.06. The Morgan fingerprint density at radius 3 is 2.20 bits per heavy atom. The molecule has 3 aromatic carbocycles. The summed E-state index contributed by atoms with van der Waals surface area (Å²) in [6.45, 7) is 7.61. The smallest absolute Gasteiger partial charge is 0.408 e. The molecule has 11 heteroatoms. The lowest BCUT2D eigenvalue weighted by atomic mass is 9.92. The van der Waals surface area contributed by atoms with Crippen molar-refractivity contribution in [3.05, 3.63) is 132 Å². The van der Waals surface area contributed by atoms with E-state index >= 15 is 0 Å². The quantitative estimate of drug-likeness (QED) is 0.127. The molecule has 0 spiro atoms. The molecule has 11 nitrogen and oxygen atoms in total. The van der Waals surface area contributed by atoms with Gasteiger partial charge in [-0.15, -0.1) is 13.2 Å². The summed E-state index contributed by atoms with van der Waals surface area (Å²) in [6.07, 6.45) is 1.88. The van der Waals surface area contributed by atoms with Gasteiger partial charge in [0.25, 0.3) is 0 Å². The largest absolute Gasteiger partial charge is 0.454 e. The molecule has 3 aromatic rings. The predicted octanol–water partition coefficient (Wildman–Crippen LogP) is 4.80. The molecule has 1 aliphatic heterocycles.